The Balaban J connectivity index is 2.24. The third-order valence-corrected chi connectivity index (χ3v) is 7.94. The summed E-state index contributed by atoms with van der Waals surface area (Å²) in [6.07, 6.45) is 0. The molecular weight excluding hydrogens is 546 g/mol. The average Bonchev–Trinajstić information content (AvgIpc) is 2.83. The van der Waals surface area contributed by atoms with E-state index in [2.05, 4.69) is 24.7 Å². The summed E-state index contributed by atoms with van der Waals surface area (Å²) >= 11 is 5.97. The van der Waals surface area contributed by atoms with E-state index >= 15 is 0 Å². The van der Waals surface area contributed by atoms with Crippen LogP contribution in [0.15, 0.2) is 64.4 Å². The molecule has 1 aromatic heterocycles. The van der Waals surface area contributed by atoms with Gasteiger partial charge in [0.1, 0.15) is 16.9 Å². The summed E-state index contributed by atoms with van der Waals surface area (Å²) < 4.78 is 60.9. The largest absolute Gasteiger partial charge is 0.465 e. The summed E-state index contributed by atoms with van der Waals surface area (Å²) in [5, 5.41) is 2.69. The number of sulfonamides is 2. The van der Waals surface area contributed by atoms with Gasteiger partial charge >= 0.3 is 32.0 Å². The SMILES string of the molecule is COC(=O)c1ccccc1S(=O)(=O)NC(Nc1nc(C)cc(C)n1)=[N+](OC)S(=O)(=O)c1cccc(Cl)c1. The molecule has 3 aromatic rings. The molecule has 0 radical (unpaired) electrons. The number of methoxy groups -OCH3 is 1. The average molecular weight is 569 g/mol. The highest BCUT2D eigenvalue weighted by atomic mass is 35.5. The van der Waals surface area contributed by atoms with Crippen LogP contribution in [0.1, 0.15) is 21.7 Å². The van der Waals surface area contributed by atoms with Gasteiger partial charge in [0.05, 0.1) is 12.7 Å². The second kappa shape index (κ2) is 11.1. The normalized spacial score (nSPS) is 12.4. The Kier molecular flexibility index (Phi) is 8.35. The van der Waals surface area contributed by atoms with E-state index in [4.69, 9.17) is 16.4 Å². The van der Waals surface area contributed by atoms with Crippen molar-refractivity contribution in [1.29, 1.82) is 0 Å². The molecule has 0 aliphatic heterocycles. The summed E-state index contributed by atoms with van der Waals surface area (Å²) in [4.78, 5) is 24.9. The molecule has 0 spiro atoms. The molecular formula is C22H23ClN5O7S2+. The molecule has 3 rings (SSSR count). The van der Waals surface area contributed by atoms with Gasteiger partial charge < -0.3 is 9.57 Å². The van der Waals surface area contributed by atoms with Crippen molar-refractivity contribution in [2.45, 2.75) is 23.6 Å². The molecule has 0 unspecified atom stereocenters. The highest BCUT2D eigenvalue weighted by Gasteiger charge is 2.35. The Morgan fingerprint density at radius 3 is 2.19 bits per heavy atom. The Morgan fingerprint density at radius 2 is 1.59 bits per heavy atom. The molecule has 2 aromatic carbocycles. The number of anilines is 1. The fourth-order valence-electron chi connectivity index (χ4n) is 3.19. The molecule has 0 fully saturated rings. The molecule has 0 saturated heterocycles. The van der Waals surface area contributed by atoms with E-state index < -0.39 is 36.9 Å². The van der Waals surface area contributed by atoms with E-state index in [1.165, 1.54) is 36.4 Å². The number of esters is 1. The Hall–Kier alpha value is -3.75. The predicted octanol–water partition coefficient (Wildman–Crippen LogP) is 2.24. The molecule has 196 valence electrons. The Bertz CT molecular complexity index is 1570. The van der Waals surface area contributed by atoms with Crippen molar-refractivity contribution in [3.63, 3.8) is 0 Å². The molecule has 0 aliphatic rings. The second-order valence-corrected chi connectivity index (χ2v) is 11.3. The number of nitrogens with one attached hydrogen (secondary N) is 2. The highest BCUT2D eigenvalue weighted by Crippen LogP contribution is 2.20. The fraction of sp³-hybridized carbons (Fsp3) is 0.182. The van der Waals surface area contributed by atoms with E-state index in [9.17, 15) is 21.6 Å². The lowest BCUT2D eigenvalue weighted by atomic mass is 10.2. The number of carbonyl (C=O) groups excluding carboxylic acids is 1. The summed E-state index contributed by atoms with van der Waals surface area (Å²) in [5.74, 6) is -1.74. The number of hydrogen-bond acceptors (Lipinski definition) is 9. The smallest absolute Gasteiger partial charge is 0.421 e. The van der Waals surface area contributed by atoms with E-state index in [0.717, 1.165) is 26.4 Å². The zero-order chi connectivity index (χ0) is 27.4. The van der Waals surface area contributed by atoms with Crippen LogP contribution in [0, 0.1) is 13.8 Å². The molecule has 1 heterocycles. The van der Waals surface area contributed by atoms with Crippen molar-refractivity contribution in [2.75, 3.05) is 19.5 Å². The number of guanidine groups is 1. The van der Waals surface area contributed by atoms with Crippen molar-refractivity contribution in [1.82, 2.24) is 14.7 Å². The third-order valence-electron chi connectivity index (χ3n) is 4.69. The fourth-order valence-corrected chi connectivity index (χ4v) is 5.95. The quantitative estimate of drug-likeness (QED) is 0.142. The van der Waals surface area contributed by atoms with Crippen molar-refractivity contribution in [3.8, 4) is 0 Å². The summed E-state index contributed by atoms with van der Waals surface area (Å²) in [7, 11) is -7.04. The summed E-state index contributed by atoms with van der Waals surface area (Å²) in [5.41, 5.74) is 0.769. The van der Waals surface area contributed by atoms with Crippen LogP contribution in [0.2, 0.25) is 5.02 Å². The van der Waals surface area contributed by atoms with Gasteiger partial charge in [0.2, 0.25) is 0 Å². The van der Waals surface area contributed by atoms with Crippen LogP contribution < -0.4 is 10.0 Å². The zero-order valence-corrected chi connectivity index (χ0v) is 22.5. The first kappa shape index (κ1) is 27.8. The van der Waals surface area contributed by atoms with Gasteiger partial charge in [-0.2, -0.15) is 21.6 Å². The van der Waals surface area contributed by atoms with Gasteiger partial charge in [-0.05, 0) is 50.2 Å². The van der Waals surface area contributed by atoms with Gasteiger partial charge in [-0.1, -0.05) is 29.8 Å². The minimum atomic E-state index is -4.61. The molecule has 15 heteroatoms. The lowest BCUT2D eigenvalue weighted by Gasteiger charge is -2.13. The second-order valence-electron chi connectivity index (χ2n) is 7.41. The Morgan fingerprint density at radius 1 is 0.946 bits per heavy atom. The van der Waals surface area contributed by atoms with Crippen molar-refractivity contribution in [3.05, 3.63) is 76.6 Å². The van der Waals surface area contributed by atoms with E-state index in [1.807, 2.05) is 0 Å². The van der Waals surface area contributed by atoms with Crippen LogP contribution in [0.25, 0.3) is 0 Å². The number of rotatable bonds is 7. The van der Waals surface area contributed by atoms with Crippen LogP contribution in [-0.4, -0.2) is 57.1 Å². The van der Waals surface area contributed by atoms with Gasteiger partial charge in [0.25, 0.3) is 5.95 Å². The standard InChI is InChI=1S/C22H22ClN5O7S2/c1-14-12-15(2)25-21(24-14)26-22(28(35-4)37(32,33)17-9-7-8-16(23)13-17)27-36(30,31)19-11-6-5-10-18(19)20(29)34-3/h5-13H,1-4H3,(H,24,25,26,27)/p+1. The van der Waals surface area contributed by atoms with Gasteiger partial charge in [-0.3, -0.25) is 0 Å². The first-order valence-corrected chi connectivity index (χ1v) is 13.7. The van der Waals surface area contributed by atoms with Crippen molar-refractivity contribution < 1.29 is 35.3 Å². The van der Waals surface area contributed by atoms with Gasteiger partial charge in [0.15, 0.2) is 0 Å². The Labute approximate surface area is 219 Å². The summed E-state index contributed by atoms with van der Waals surface area (Å²) in [6, 6.07) is 12.2. The summed E-state index contributed by atoms with van der Waals surface area (Å²) in [6.45, 7) is 3.35. The van der Waals surface area contributed by atoms with Crippen LogP contribution in [0.3, 0.4) is 0 Å². The maximum absolute atomic E-state index is 13.5. The van der Waals surface area contributed by atoms with Gasteiger partial charge in [-0.25, -0.2) is 20.1 Å². The minimum absolute atomic E-state index is 0.122. The molecule has 12 nitrogen and oxygen atoms in total. The minimum Gasteiger partial charge on any atom is -0.465 e. The predicted molar refractivity (Wildman–Crippen MR) is 134 cm³/mol. The highest BCUT2D eigenvalue weighted by molar-refractivity contribution is 7.90. The maximum Gasteiger partial charge on any atom is 0.421 e. The third kappa shape index (κ3) is 6.34. The van der Waals surface area contributed by atoms with Crippen molar-refractivity contribution in [2.24, 2.45) is 0 Å². The van der Waals surface area contributed by atoms with E-state index in [0.29, 0.717) is 15.5 Å². The molecule has 2 N–H and O–H groups in total. The molecule has 0 atom stereocenters. The lowest BCUT2D eigenvalue weighted by Crippen LogP contribution is -2.45. The number of hydrogen-bond donors (Lipinski definition) is 2. The topological polar surface area (TPSA) is 157 Å². The molecule has 0 aliphatic carbocycles. The number of aryl methyl sites for hydroxylation is 2. The number of aromatic nitrogens is 2. The molecule has 0 saturated carbocycles. The van der Waals surface area contributed by atoms with Gasteiger partial charge in [0, 0.05) is 20.6 Å². The van der Waals surface area contributed by atoms with E-state index in [1.54, 1.807) is 19.9 Å². The number of nitrogens with zero attached hydrogens (tertiary/aromatic N) is 3. The zero-order valence-electron chi connectivity index (χ0n) is 20.1. The first-order chi connectivity index (χ1) is 17.4. The number of carbonyl (C=O) groups is 1. The number of ether oxygens (including phenoxy) is 1. The van der Waals surface area contributed by atoms with Crippen LogP contribution in [0.5, 0.6) is 0 Å². The number of halogens is 1. The first-order valence-electron chi connectivity index (χ1n) is 10.4. The maximum atomic E-state index is 13.5. The number of benzene rings is 2. The molecule has 0 amide bonds. The van der Waals surface area contributed by atoms with Crippen LogP contribution >= 0.6 is 11.6 Å². The molecule has 37 heavy (non-hydrogen) atoms. The van der Waals surface area contributed by atoms with Crippen LogP contribution in [-0.2, 0) is 29.6 Å². The van der Waals surface area contributed by atoms with Crippen molar-refractivity contribution >= 4 is 49.5 Å². The van der Waals surface area contributed by atoms with E-state index in [-0.39, 0.29) is 21.4 Å². The van der Waals surface area contributed by atoms with Crippen LogP contribution in [0.4, 0.5) is 5.95 Å². The van der Waals surface area contributed by atoms with Gasteiger partial charge in [-0.15, -0.1) is 0 Å². The monoisotopic (exact) mass is 568 g/mol. The lowest BCUT2D eigenvalue weighted by molar-refractivity contribution is -0.667. The molecule has 0 bridgehead atoms.